The molecule has 3 nitrogen and oxygen atoms in total. The van der Waals surface area contributed by atoms with Crippen LogP contribution in [0.4, 0.5) is 13.2 Å². The van der Waals surface area contributed by atoms with E-state index in [0.29, 0.717) is 0 Å². The number of carbonyl (C=O) groups is 1. The number of hydrogen-bond donors (Lipinski definition) is 1. The lowest BCUT2D eigenvalue weighted by Crippen LogP contribution is -2.50. The van der Waals surface area contributed by atoms with Gasteiger partial charge in [-0.2, -0.15) is 13.2 Å². The van der Waals surface area contributed by atoms with E-state index in [2.05, 4.69) is 5.32 Å². The molecular formula is C9H17F3N2O. The Balaban J connectivity index is 4.60. The van der Waals surface area contributed by atoms with Gasteiger partial charge < -0.3 is 10.2 Å². The molecular weight excluding hydrogens is 209 g/mol. The molecule has 0 rings (SSSR count). The van der Waals surface area contributed by atoms with Crippen LogP contribution < -0.4 is 5.32 Å². The number of nitrogens with one attached hydrogen (secondary N) is 1. The van der Waals surface area contributed by atoms with E-state index < -0.39 is 30.7 Å². The molecule has 0 heterocycles. The number of nitrogens with zero attached hydrogens (tertiary/aromatic N) is 1. The van der Waals surface area contributed by atoms with Crippen molar-refractivity contribution in [1.82, 2.24) is 10.2 Å². The first kappa shape index (κ1) is 14.2. The Kier molecular flexibility index (Phi) is 5.07. The molecule has 0 aliphatic carbocycles. The van der Waals surface area contributed by atoms with Crippen molar-refractivity contribution in [3.63, 3.8) is 0 Å². The van der Waals surface area contributed by atoms with E-state index in [1.165, 1.54) is 14.0 Å². The first-order chi connectivity index (χ1) is 6.69. The molecule has 1 amide bonds. The summed E-state index contributed by atoms with van der Waals surface area (Å²) in [5.41, 5.74) is 0. The predicted octanol–water partition coefficient (Wildman–Crippen LogP) is 1.39. The van der Waals surface area contributed by atoms with Crippen LogP contribution in [0.1, 0.15) is 20.8 Å². The van der Waals surface area contributed by atoms with Crippen LogP contribution in [0, 0.1) is 0 Å². The summed E-state index contributed by atoms with van der Waals surface area (Å²) in [6, 6.07) is -1.07. The molecule has 1 unspecified atom stereocenters. The Morgan fingerprint density at radius 1 is 1.33 bits per heavy atom. The third kappa shape index (κ3) is 5.01. The number of alkyl halides is 3. The monoisotopic (exact) mass is 226 g/mol. The zero-order chi connectivity index (χ0) is 12.2. The minimum absolute atomic E-state index is 0.463. The summed E-state index contributed by atoms with van der Waals surface area (Å²) < 4.78 is 36.5. The Hall–Kier alpha value is -0.780. The molecule has 0 saturated heterocycles. The van der Waals surface area contributed by atoms with E-state index in [9.17, 15) is 18.0 Å². The smallest absolute Gasteiger partial charge is 0.330 e. The van der Waals surface area contributed by atoms with Crippen molar-refractivity contribution >= 4 is 5.91 Å². The Bertz CT molecular complexity index is 216. The van der Waals surface area contributed by atoms with Crippen LogP contribution in [0.15, 0.2) is 0 Å². The first-order valence-electron chi connectivity index (χ1n) is 4.73. The summed E-state index contributed by atoms with van der Waals surface area (Å²) in [4.78, 5) is 12.4. The fraction of sp³-hybridized carbons (Fsp3) is 0.889. The van der Waals surface area contributed by atoms with Gasteiger partial charge in [0.2, 0.25) is 5.91 Å². The van der Waals surface area contributed by atoms with Gasteiger partial charge in [-0.1, -0.05) is 0 Å². The minimum atomic E-state index is -4.35. The van der Waals surface area contributed by atoms with Crippen molar-refractivity contribution in [3.05, 3.63) is 0 Å². The van der Waals surface area contributed by atoms with Crippen molar-refractivity contribution < 1.29 is 18.0 Å². The van der Waals surface area contributed by atoms with E-state index >= 15 is 0 Å². The SMILES string of the molecule is CNC(C)C(=O)N(CC(F)(F)F)C(C)C. The molecule has 0 aliphatic rings. The number of rotatable bonds is 4. The number of likely N-dealkylation sites (N-methyl/N-ethyl adjacent to an activating group) is 1. The molecule has 0 fully saturated rings. The summed E-state index contributed by atoms with van der Waals surface area (Å²) in [6.07, 6.45) is -4.35. The summed E-state index contributed by atoms with van der Waals surface area (Å²) >= 11 is 0. The number of carbonyl (C=O) groups excluding carboxylic acids is 1. The van der Waals surface area contributed by atoms with Crippen molar-refractivity contribution in [1.29, 1.82) is 0 Å². The van der Waals surface area contributed by atoms with Crippen LogP contribution in [0.2, 0.25) is 0 Å². The van der Waals surface area contributed by atoms with Gasteiger partial charge in [-0.3, -0.25) is 4.79 Å². The zero-order valence-electron chi connectivity index (χ0n) is 9.35. The topological polar surface area (TPSA) is 32.3 Å². The van der Waals surface area contributed by atoms with Crippen LogP contribution in [0.25, 0.3) is 0 Å². The zero-order valence-corrected chi connectivity index (χ0v) is 9.35. The second kappa shape index (κ2) is 5.34. The summed E-state index contributed by atoms with van der Waals surface area (Å²) in [6.45, 7) is 3.46. The van der Waals surface area contributed by atoms with Crippen molar-refractivity contribution in [2.75, 3.05) is 13.6 Å². The van der Waals surface area contributed by atoms with Crippen molar-refractivity contribution in [3.8, 4) is 0 Å². The molecule has 0 aromatic rings. The minimum Gasteiger partial charge on any atom is -0.330 e. The van der Waals surface area contributed by atoms with E-state index in [1.807, 2.05) is 0 Å². The molecule has 0 radical (unpaired) electrons. The molecule has 6 heteroatoms. The maximum Gasteiger partial charge on any atom is 0.406 e. The quantitative estimate of drug-likeness (QED) is 0.785. The van der Waals surface area contributed by atoms with Crippen LogP contribution in [-0.4, -0.2) is 42.7 Å². The number of amides is 1. The normalized spacial score (nSPS) is 14.1. The van der Waals surface area contributed by atoms with Crippen molar-refractivity contribution in [2.45, 2.75) is 39.0 Å². The fourth-order valence-corrected chi connectivity index (χ4v) is 1.08. The first-order valence-corrected chi connectivity index (χ1v) is 4.73. The molecule has 15 heavy (non-hydrogen) atoms. The average Bonchev–Trinajstić information content (AvgIpc) is 2.10. The van der Waals surface area contributed by atoms with E-state index in [1.54, 1.807) is 13.8 Å². The predicted molar refractivity (Wildman–Crippen MR) is 51.4 cm³/mol. The van der Waals surface area contributed by atoms with E-state index in [-0.39, 0.29) is 0 Å². The van der Waals surface area contributed by atoms with E-state index in [0.717, 1.165) is 4.90 Å². The fourth-order valence-electron chi connectivity index (χ4n) is 1.08. The maximum atomic E-state index is 12.2. The van der Waals surface area contributed by atoms with Crippen LogP contribution in [-0.2, 0) is 4.79 Å². The van der Waals surface area contributed by atoms with Crippen LogP contribution in [0.3, 0.4) is 0 Å². The Morgan fingerprint density at radius 2 is 1.80 bits per heavy atom. The summed E-state index contributed by atoms with van der Waals surface area (Å²) in [5, 5.41) is 2.63. The molecule has 0 aliphatic heterocycles. The summed E-state index contributed by atoms with van der Waals surface area (Å²) in [5.74, 6) is -0.537. The highest BCUT2D eigenvalue weighted by Crippen LogP contribution is 2.18. The highest BCUT2D eigenvalue weighted by Gasteiger charge is 2.35. The maximum absolute atomic E-state index is 12.2. The molecule has 0 bridgehead atoms. The highest BCUT2D eigenvalue weighted by atomic mass is 19.4. The van der Waals surface area contributed by atoms with Gasteiger partial charge in [0.15, 0.2) is 0 Å². The molecule has 0 aromatic heterocycles. The van der Waals surface area contributed by atoms with Gasteiger partial charge in [-0.05, 0) is 27.8 Å². The van der Waals surface area contributed by atoms with Crippen LogP contribution in [0.5, 0.6) is 0 Å². The van der Waals surface area contributed by atoms with Gasteiger partial charge in [0.05, 0.1) is 6.04 Å². The number of hydrogen-bond acceptors (Lipinski definition) is 2. The molecule has 0 saturated carbocycles. The lowest BCUT2D eigenvalue weighted by atomic mass is 10.2. The Morgan fingerprint density at radius 3 is 2.07 bits per heavy atom. The van der Waals surface area contributed by atoms with Gasteiger partial charge >= 0.3 is 6.18 Å². The highest BCUT2D eigenvalue weighted by molar-refractivity contribution is 5.81. The third-order valence-electron chi connectivity index (χ3n) is 2.06. The summed E-state index contributed by atoms with van der Waals surface area (Å²) in [7, 11) is 1.54. The molecule has 1 N–H and O–H groups in total. The van der Waals surface area contributed by atoms with Gasteiger partial charge in [0, 0.05) is 6.04 Å². The second-order valence-electron chi connectivity index (χ2n) is 3.69. The number of halogens is 3. The molecule has 0 aromatic carbocycles. The van der Waals surface area contributed by atoms with Gasteiger partial charge in [-0.15, -0.1) is 0 Å². The second-order valence-corrected chi connectivity index (χ2v) is 3.69. The van der Waals surface area contributed by atoms with Gasteiger partial charge in [0.25, 0.3) is 0 Å². The van der Waals surface area contributed by atoms with Crippen LogP contribution >= 0.6 is 0 Å². The van der Waals surface area contributed by atoms with Crippen molar-refractivity contribution in [2.24, 2.45) is 0 Å². The largest absolute Gasteiger partial charge is 0.406 e. The third-order valence-corrected chi connectivity index (χ3v) is 2.06. The van der Waals surface area contributed by atoms with Gasteiger partial charge in [0.1, 0.15) is 6.54 Å². The molecule has 90 valence electrons. The lowest BCUT2D eigenvalue weighted by Gasteiger charge is -2.30. The van der Waals surface area contributed by atoms with Gasteiger partial charge in [-0.25, -0.2) is 0 Å². The van der Waals surface area contributed by atoms with E-state index in [4.69, 9.17) is 0 Å². The molecule has 0 spiro atoms. The lowest BCUT2D eigenvalue weighted by molar-refractivity contribution is -0.165. The average molecular weight is 226 g/mol. The molecule has 1 atom stereocenters. The standard InChI is InChI=1S/C9H17F3N2O/c1-6(2)14(5-9(10,11)12)8(15)7(3)13-4/h6-7,13H,5H2,1-4H3. The Labute approximate surface area is 87.6 Å².